The SMILES string of the molecule is CC(C)(C(=O)O)c1cc2c(O)cccc2o1. The Hall–Kier alpha value is -1.97. The predicted octanol–water partition coefficient (Wildman–Crippen LogP) is 2.50. The maximum absolute atomic E-state index is 11.1. The molecule has 2 rings (SSSR count). The highest BCUT2D eigenvalue weighted by Crippen LogP contribution is 2.33. The number of carbonyl (C=O) groups is 1. The number of furan rings is 1. The van der Waals surface area contributed by atoms with E-state index in [4.69, 9.17) is 9.52 Å². The van der Waals surface area contributed by atoms with E-state index in [1.165, 1.54) is 6.07 Å². The number of phenols is 1. The molecular weight excluding hydrogens is 208 g/mol. The molecule has 1 aromatic carbocycles. The number of hydrogen-bond donors (Lipinski definition) is 2. The molecule has 16 heavy (non-hydrogen) atoms. The smallest absolute Gasteiger partial charge is 0.316 e. The molecule has 84 valence electrons. The Bertz CT molecular complexity index is 551. The Balaban J connectivity index is 2.64. The third-order valence-corrected chi connectivity index (χ3v) is 2.69. The van der Waals surface area contributed by atoms with Crippen LogP contribution in [0.2, 0.25) is 0 Å². The van der Waals surface area contributed by atoms with Gasteiger partial charge >= 0.3 is 5.97 Å². The van der Waals surface area contributed by atoms with Gasteiger partial charge in [0.1, 0.15) is 22.5 Å². The Morgan fingerprint density at radius 2 is 2.06 bits per heavy atom. The zero-order valence-electron chi connectivity index (χ0n) is 9.02. The molecule has 0 aliphatic carbocycles. The maximum atomic E-state index is 11.1. The topological polar surface area (TPSA) is 70.7 Å². The van der Waals surface area contributed by atoms with Crippen LogP contribution in [0.15, 0.2) is 28.7 Å². The summed E-state index contributed by atoms with van der Waals surface area (Å²) in [5.74, 6) is -0.545. The standard InChI is InChI=1S/C12H12O4/c1-12(2,11(14)15)10-6-7-8(13)4-3-5-9(7)16-10/h3-6,13H,1-2H3,(H,14,15). The molecule has 0 bridgehead atoms. The van der Waals surface area contributed by atoms with Gasteiger partial charge < -0.3 is 14.6 Å². The fourth-order valence-corrected chi connectivity index (χ4v) is 1.46. The van der Waals surface area contributed by atoms with Crippen LogP contribution in [0.3, 0.4) is 0 Å². The predicted molar refractivity (Wildman–Crippen MR) is 58.5 cm³/mol. The molecule has 0 aliphatic heterocycles. The van der Waals surface area contributed by atoms with Gasteiger partial charge in [0.2, 0.25) is 0 Å². The number of fused-ring (bicyclic) bond motifs is 1. The van der Waals surface area contributed by atoms with E-state index < -0.39 is 11.4 Å². The molecule has 0 spiro atoms. The molecule has 4 nitrogen and oxygen atoms in total. The molecule has 1 heterocycles. The first-order chi connectivity index (χ1) is 7.43. The average Bonchev–Trinajstić information content (AvgIpc) is 2.63. The Morgan fingerprint density at radius 3 is 2.62 bits per heavy atom. The molecule has 0 aliphatic rings. The van der Waals surface area contributed by atoms with Crippen molar-refractivity contribution in [2.45, 2.75) is 19.3 Å². The molecule has 0 saturated carbocycles. The lowest BCUT2D eigenvalue weighted by molar-refractivity contribution is -0.143. The fourth-order valence-electron chi connectivity index (χ4n) is 1.46. The number of phenolic OH excluding ortho intramolecular Hbond substituents is 1. The van der Waals surface area contributed by atoms with Crippen molar-refractivity contribution in [3.8, 4) is 5.75 Å². The van der Waals surface area contributed by atoms with Crippen LogP contribution in [0.1, 0.15) is 19.6 Å². The van der Waals surface area contributed by atoms with Crippen molar-refractivity contribution < 1.29 is 19.4 Å². The van der Waals surface area contributed by atoms with Gasteiger partial charge in [-0.1, -0.05) is 6.07 Å². The molecule has 0 unspecified atom stereocenters. The van der Waals surface area contributed by atoms with E-state index in [-0.39, 0.29) is 5.75 Å². The van der Waals surface area contributed by atoms with E-state index >= 15 is 0 Å². The summed E-state index contributed by atoms with van der Waals surface area (Å²) < 4.78 is 5.43. The van der Waals surface area contributed by atoms with Gasteiger partial charge in [0.15, 0.2) is 0 Å². The lowest BCUT2D eigenvalue weighted by Crippen LogP contribution is -2.27. The number of aliphatic carboxylic acids is 1. The third-order valence-electron chi connectivity index (χ3n) is 2.69. The quantitative estimate of drug-likeness (QED) is 0.815. The van der Waals surface area contributed by atoms with Crippen LogP contribution in [0.5, 0.6) is 5.75 Å². The van der Waals surface area contributed by atoms with Crippen molar-refractivity contribution in [3.63, 3.8) is 0 Å². The van der Waals surface area contributed by atoms with Crippen LogP contribution in [0.4, 0.5) is 0 Å². The number of carboxylic acids is 1. The molecule has 0 saturated heterocycles. The van der Waals surface area contributed by atoms with Gasteiger partial charge in [-0.2, -0.15) is 0 Å². The minimum Gasteiger partial charge on any atom is -0.507 e. The molecule has 0 atom stereocenters. The van der Waals surface area contributed by atoms with Crippen LogP contribution < -0.4 is 0 Å². The third kappa shape index (κ3) is 1.43. The van der Waals surface area contributed by atoms with Gasteiger partial charge in [0, 0.05) is 0 Å². The molecule has 0 fully saturated rings. The lowest BCUT2D eigenvalue weighted by atomic mass is 9.90. The van der Waals surface area contributed by atoms with Crippen LogP contribution >= 0.6 is 0 Å². The Labute approximate surface area is 92.1 Å². The summed E-state index contributed by atoms with van der Waals surface area (Å²) >= 11 is 0. The van der Waals surface area contributed by atoms with Gasteiger partial charge in [-0.25, -0.2) is 0 Å². The minimum absolute atomic E-state index is 0.0914. The first-order valence-corrected chi connectivity index (χ1v) is 4.88. The highest BCUT2D eigenvalue weighted by Gasteiger charge is 2.33. The van der Waals surface area contributed by atoms with E-state index in [1.807, 2.05) is 0 Å². The second-order valence-electron chi connectivity index (χ2n) is 4.23. The Morgan fingerprint density at radius 1 is 1.38 bits per heavy atom. The van der Waals surface area contributed by atoms with E-state index in [2.05, 4.69) is 0 Å². The Kier molecular flexibility index (Phi) is 2.15. The molecular formula is C12H12O4. The monoisotopic (exact) mass is 220 g/mol. The van der Waals surface area contributed by atoms with E-state index in [0.29, 0.717) is 16.7 Å². The molecule has 2 N–H and O–H groups in total. The van der Waals surface area contributed by atoms with Crippen molar-refractivity contribution in [2.75, 3.05) is 0 Å². The summed E-state index contributed by atoms with van der Waals surface area (Å²) in [5.41, 5.74) is -0.616. The number of benzene rings is 1. The van der Waals surface area contributed by atoms with Crippen molar-refractivity contribution in [3.05, 3.63) is 30.0 Å². The van der Waals surface area contributed by atoms with E-state index in [0.717, 1.165) is 0 Å². The summed E-state index contributed by atoms with van der Waals surface area (Å²) in [4.78, 5) is 11.1. The average molecular weight is 220 g/mol. The maximum Gasteiger partial charge on any atom is 0.316 e. The number of rotatable bonds is 2. The number of aromatic hydroxyl groups is 1. The van der Waals surface area contributed by atoms with Gasteiger partial charge in [-0.05, 0) is 32.0 Å². The van der Waals surface area contributed by atoms with Gasteiger partial charge in [-0.3, -0.25) is 4.79 Å². The molecule has 2 aromatic rings. The highest BCUT2D eigenvalue weighted by molar-refractivity contribution is 5.87. The highest BCUT2D eigenvalue weighted by atomic mass is 16.4. The fraction of sp³-hybridized carbons (Fsp3) is 0.250. The molecule has 1 aromatic heterocycles. The van der Waals surface area contributed by atoms with Gasteiger partial charge in [0.05, 0.1) is 5.39 Å². The number of carboxylic acid groups (broad SMARTS) is 1. The first kappa shape index (κ1) is 10.5. The zero-order valence-corrected chi connectivity index (χ0v) is 9.02. The largest absolute Gasteiger partial charge is 0.507 e. The second-order valence-corrected chi connectivity index (χ2v) is 4.23. The summed E-state index contributed by atoms with van der Waals surface area (Å²) in [6.07, 6.45) is 0. The normalized spacial score (nSPS) is 11.9. The van der Waals surface area contributed by atoms with Crippen molar-refractivity contribution in [2.24, 2.45) is 0 Å². The summed E-state index contributed by atoms with van der Waals surface area (Å²) in [6.45, 7) is 3.12. The van der Waals surface area contributed by atoms with Crippen LogP contribution in [0, 0.1) is 0 Å². The zero-order chi connectivity index (χ0) is 11.9. The van der Waals surface area contributed by atoms with E-state index in [1.54, 1.807) is 32.0 Å². The molecule has 0 radical (unpaired) electrons. The summed E-state index contributed by atoms with van der Waals surface area (Å²) in [7, 11) is 0. The van der Waals surface area contributed by atoms with Crippen LogP contribution in [-0.4, -0.2) is 16.2 Å². The number of hydrogen-bond acceptors (Lipinski definition) is 3. The van der Waals surface area contributed by atoms with Crippen molar-refractivity contribution in [1.82, 2.24) is 0 Å². The van der Waals surface area contributed by atoms with Crippen LogP contribution in [0.25, 0.3) is 11.0 Å². The van der Waals surface area contributed by atoms with Crippen molar-refractivity contribution >= 4 is 16.9 Å². The van der Waals surface area contributed by atoms with Gasteiger partial charge in [0.25, 0.3) is 0 Å². The van der Waals surface area contributed by atoms with Crippen LogP contribution in [-0.2, 0) is 10.2 Å². The lowest BCUT2D eigenvalue weighted by Gasteiger charge is -2.15. The summed E-state index contributed by atoms with van der Waals surface area (Å²) in [5, 5.41) is 19.2. The minimum atomic E-state index is -1.11. The molecule has 0 amide bonds. The first-order valence-electron chi connectivity index (χ1n) is 4.88. The van der Waals surface area contributed by atoms with E-state index in [9.17, 15) is 9.90 Å². The van der Waals surface area contributed by atoms with Gasteiger partial charge in [-0.15, -0.1) is 0 Å². The summed E-state index contributed by atoms with van der Waals surface area (Å²) in [6, 6.07) is 6.45. The molecule has 4 heteroatoms. The van der Waals surface area contributed by atoms with Crippen molar-refractivity contribution in [1.29, 1.82) is 0 Å². The second kappa shape index (κ2) is 3.27.